The van der Waals surface area contributed by atoms with Crippen LogP contribution in [0.25, 0.3) is 0 Å². The zero-order valence-corrected chi connectivity index (χ0v) is 18.9. The highest BCUT2D eigenvalue weighted by Gasteiger charge is 2.25. The number of hydroxylamine groups is 1. The van der Waals surface area contributed by atoms with Crippen molar-refractivity contribution in [3.63, 3.8) is 0 Å². The summed E-state index contributed by atoms with van der Waals surface area (Å²) in [5, 5.41) is 20.8. The van der Waals surface area contributed by atoms with Gasteiger partial charge in [-0.05, 0) is 55.9 Å². The van der Waals surface area contributed by atoms with Crippen LogP contribution >= 0.6 is 0 Å². The number of amides is 2. The minimum absolute atomic E-state index is 0. The molecule has 1 fully saturated rings. The van der Waals surface area contributed by atoms with Gasteiger partial charge in [-0.2, -0.15) is 0 Å². The van der Waals surface area contributed by atoms with Crippen molar-refractivity contribution < 1.29 is 19.9 Å². The Morgan fingerprint density at radius 1 is 0.971 bits per heavy atom. The maximum absolute atomic E-state index is 12.3. The predicted molar refractivity (Wildman–Crippen MR) is 131 cm³/mol. The molecule has 1 heterocycles. The van der Waals surface area contributed by atoms with Crippen LogP contribution in [0.3, 0.4) is 0 Å². The lowest BCUT2D eigenvalue weighted by Crippen LogP contribution is -2.51. The number of carbonyl (C=O) groups is 2. The number of hydrogen-bond donors (Lipinski definition) is 4. The van der Waals surface area contributed by atoms with Crippen LogP contribution in [0.1, 0.15) is 41.4 Å². The van der Waals surface area contributed by atoms with Gasteiger partial charge in [0.25, 0.3) is 11.8 Å². The molecule has 0 unspecified atom stereocenters. The number of nitrogens with zero attached hydrogens (tertiary/aromatic N) is 2. The number of aliphatic hydroxyl groups is 1. The molecule has 0 radical (unpaired) electrons. The highest BCUT2D eigenvalue weighted by molar-refractivity contribution is 5.97. The lowest BCUT2D eigenvalue weighted by atomic mass is 10.1. The van der Waals surface area contributed by atoms with E-state index < -0.39 is 24.0 Å². The minimum Gasteiger partial charge on any atom is -0.391 e. The summed E-state index contributed by atoms with van der Waals surface area (Å²) in [6.07, 6.45) is -1.17. The fraction of sp³-hybridized carbons (Fsp3) is 0.385. The molecule has 0 bridgehead atoms. The highest BCUT2D eigenvalue weighted by Crippen LogP contribution is 2.10. The smallest absolute Gasteiger partial charge is 0.268 e. The molecular formula is C26H34N4O4. The molecule has 3 rings (SSSR count). The number of carbonyl (C=O) groups excluding carboxylic acids is 2. The number of rotatable bonds is 6. The number of nitrogens with one attached hydrogen (secondary N) is 2. The average molecular weight is 467 g/mol. The van der Waals surface area contributed by atoms with E-state index in [1.165, 1.54) is 18.0 Å². The van der Waals surface area contributed by atoms with Crippen LogP contribution in [0.15, 0.2) is 48.5 Å². The van der Waals surface area contributed by atoms with Crippen LogP contribution < -0.4 is 10.8 Å². The summed E-state index contributed by atoms with van der Waals surface area (Å²) in [5.74, 6) is 4.78. The normalized spacial score (nSPS) is 15.8. The second-order valence-electron chi connectivity index (χ2n) is 8.27. The Kier molecular flexibility index (Phi) is 10.2. The van der Waals surface area contributed by atoms with Crippen LogP contribution in [0.4, 0.5) is 0 Å². The van der Waals surface area contributed by atoms with Crippen molar-refractivity contribution in [1.82, 2.24) is 20.6 Å². The molecule has 182 valence electrons. The first-order valence-electron chi connectivity index (χ1n) is 10.9. The van der Waals surface area contributed by atoms with Crippen molar-refractivity contribution >= 4 is 11.8 Å². The molecule has 0 saturated carbocycles. The topological polar surface area (TPSA) is 105 Å². The van der Waals surface area contributed by atoms with Gasteiger partial charge in [-0.15, -0.1) is 0 Å². The van der Waals surface area contributed by atoms with Gasteiger partial charge in [-0.25, -0.2) is 5.48 Å². The largest absolute Gasteiger partial charge is 0.391 e. The summed E-state index contributed by atoms with van der Waals surface area (Å²) in [6.45, 7) is 6.66. The quantitative estimate of drug-likeness (QED) is 0.292. The second-order valence-corrected chi connectivity index (χ2v) is 8.27. The summed E-state index contributed by atoms with van der Waals surface area (Å²) in [4.78, 5) is 28.7. The first-order valence-corrected chi connectivity index (χ1v) is 10.9. The zero-order chi connectivity index (χ0) is 23.8. The molecule has 0 spiro atoms. The third kappa shape index (κ3) is 7.68. The molecule has 34 heavy (non-hydrogen) atoms. The van der Waals surface area contributed by atoms with E-state index in [1.807, 2.05) is 12.1 Å². The van der Waals surface area contributed by atoms with Gasteiger partial charge in [0.2, 0.25) is 0 Å². The van der Waals surface area contributed by atoms with Gasteiger partial charge in [-0.3, -0.25) is 19.7 Å². The molecule has 2 aromatic carbocycles. The fourth-order valence-corrected chi connectivity index (χ4v) is 3.51. The van der Waals surface area contributed by atoms with Gasteiger partial charge in [-0.1, -0.05) is 31.4 Å². The van der Waals surface area contributed by atoms with Crippen molar-refractivity contribution in [2.75, 3.05) is 33.2 Å². The second kappa shape index (κ2) is 12.9. The van der Waals surface area contributed by atoms with Crippen molar-refractivity contribution in [2.45, 2.75) is 33.0 Å². The molecule has 8 heteroatoms. The van der Waals surface area contributed by atoms with E-state index in [4.69, 9.17) is 5.21 Å². The van der Waals surface area contributed by atoms with Crippen LogP contribution in [-0.4, -0.2) is 77.3 Å². The molecule has 2 amide bonds. The van der Waals surface area contributed by atoms with Crippen molar-refractivity contribution in [3.8, 4) is 11.8 Å². The van der Waals surface area contributed by atoms with Crippen molar-refractivity contribution in [2.24, 2.45) is 0 Å². The summed E-state index contributed by atoms with van der Waals surface area (Å²) < 4.78 is 0. The Bertz CT molecular complexity index is 1000. The van der Waals surface area contributed by atoms with E-state index in [9.17, 15) is 14.7 Å². The fourth-order valence-electron chi connectivity index (χ4n) is 3.51. The predicted octanol–water partition coefficient (Wildman–Crippen LogP) is 1.45. The van der Waals surface area contributed by atoms with Crippen molar-refractivity contribution in [3.05, 3.63) is 70.8 Å². The van der Waals surface area contributed by atoms with Gasteiger partial charge in [0, 0.05) is 49.4 Å². The van der Waals surface area contributed by atoms with E-state index >= 15 is 0 Å². The SMILES string of the molecule is C.C[C@@H](O)[C@H](NC(=O)c1ccc(C#Cc2ccc(CN3CCN(C)CC3)cc2)cc1)C(=O)NO. The van der Waals surface area contributed by atoms with E-state index in [0.717, 1.165) is 43.9 Å². The van der Waals surface area contributed by atoms with E-state index in [0.29, 0.717) is 5.56 Å². The van der Waals surface area contributed by atoms with Gasteiger partial charge < -0.3 is 15.3 Å². The Labute approximate surface area is 201 Å². The van der Waals surface area contributed by atoms with Crippen LogP contribution in [0.2, 0.25) is 0 Å². The molecule has 1 aliphatic rings. The third-order valence-electron chi connectivity index (χ3n) is 5.62. The minimum atomic E-state index is -1.26. The summed E-state index contributed by atoms with van der Waals surface area (Å²) in [5.41, 5.74) is 4.67. The number of piperazine rings is 1. The summed E-state index contributed by atoms with van der Waals surface area (Å²) in [7, 11) is 2.15. The molecule has 0 aliphatic carbocycles. The van der Waals surface area contributed by atoms with Crippen molar-refractivity contribution in [1.29, 1.82) is 0 Å². The Hall–Kier alpha value is -3.22. The van der Waals surface area contributed by atoms with Crippen LogP contribution in [0.5, 0.6) is 0 Å². The molecule has 2 aromatic rings. The van der Waals surface area contributed by atoms with Gasteiger partial charge >= 0.3 is 0 Å². The first-order chi connectivity index (χ1) is 15.9. The van der Waals surface area contributed by atoms with Gasteiger partial charge in [0.1, 0.15) is 6.04 Å². The average Bonchev–Trinajstić information content (AvgIpc) is 2.83. The Morgan fingerprint density at radius 3 is 2.00 bits per heavy atom. The maximum atomic E-state index is 12.3. The van der Waals surface area contributed by atoms with E-state index in [-0.39, 0.29) is 7.43 Å². The lowest BCUT2D eigenvalue weighted by Gasteiger charge is -2.32. The Balaban J connectivity index is 0.00000408. The maximum Gasteiger partial charge on any atom is 0.268 e. The number of likely N-dealkylation sites (N-methyl/N-ethyl adjacent to an activating group) is 1. The molecule has 0 aromatic heterocycles. The van der Waals surface area contributed by atoms with E-state index in [2.05, 4.69) is 46.1 Å². The molecule has 4 N–H and O–H groups in total. The number of benzene rings is 2. The zero-order valence-electron chi connectivity index (χ0n) is 18.9. The molecular weight excluding hydrogens is 432 g/mol. The monoisotopic (exact) mass is 466 g/mol. The molecule has 8 nitrogen and oxygen atoms in total. The van der Waals surface area contributed by atoms with Crippen LogP contribution in [-0.2, 0) is 11.3 Å². The third-order valence-corrected chi connectivity index (χ3v) is 5.62. The summed E-state index contributed by atoms with van der Waals surface area (Å²) >= 11 is 0. The van der Waals surface area contributed by atoms with Gasteiger partial charge in [0.05, 0.1) is 6.10 Å². The number of aliphatic hydroxyl groups excluding tert-OH is 1. The molecule has 2 atom stereocenters. The van der Waals surface area contributed by atoms with Gasteiger partial charge in [0.15, 0.2) is 0 Å². The first kappa shape index (κ1) is 27.0. The standard InChI is InChI=1S/C25H30N4O4.CH4/c1-18(30)23(25(32)27-33)26-24(31)22-11-9-20(10-12-22)4-3-19-5-7-21(8-6-19)17-29-15-13-28(2)14-16-29;/h5-12,18,23,30,33H,13-17H2,1-2H3,(H,26,31)(H,27,32);1H4/t18-,23+;/m1./s1. The molecule has 1 saturated heterocycles. The number of hydrogen-bond acceptors (Lipinski definition) is 6. The van der Waals surface area contributed by atoms with Crippen LogP contribution in [0, 0.1) is 11.8 Å². The molecule has 1 aliphatic heterocycles. The van der Waals surface area contributed by atoms with E-state index in [1.54, 1.807) is 24.3 Å². The lowest BCUT2D eigenvalue weighted by molar-refractivity contribution is -0.133. The Morgan fingerprint density at radius 2 is 1.50 bits per heavy atom. The summed E-state index contributed by atoms with van der Waals surface area (Å²) in [6, 6.07) is 13.6. The highest BCUT2D eigenvalue weighted by atomic mass is 16.5.